The maximum absolute atomic E-state index is 11.8. The lowest BCUT2D eigenvalue weighted by molar-refractivity contribution is -0.116. The van der Waals surface area contributed by atoms with Crippen molar-refractivity contribution in [2.45, 2.75) is 77.3 Å². The van der Waals surface area contributed by atoms with Crippen molar-refractivity contribution in [2.75, 3.05) is 5.32 Å². The third-order valence-electron chi connectivity index (χ3n) is 5.28. The normalized spacial score (nSPS) is 19.1. The quantitative estimate of drug-likeness (QED) is 0.767. The summed E-state index contributed by atoms with van der Waals surface area (Å²) in [7, 11) is 0. The lowest BCUT2D eigenvalue weighted by Gasteiger charge is -2.18. The first-order chi connectivity index (χ1) is 13.1. The first kappa shape index (κ1) is 19.2. The molecule has 0 spiro atoms. The summed E-state index contributed by atoms with van der Waals surface area (Å²) in [6, 6.07) is 4.56. The van der Waals surface area contributed by atoms with Crippen LogP contribution in [0.1, 0.15) is 70.9 Å². The maximum atomic E-state index is 11.8. The van der Waals surface area contributed by atoms with Gasteiger partial charge in [-0.2, -0.15) is 9.61 Å². The molecule has 2 aromatic heterocycles. The molecule has 27 heavy (non-hydrogen) atoms. The molecule has 2 heterocycles. The van der Waals surface area contributed by atoms with Gasteiger partial charge in [0.25, 0.3) is 5.91 Å². The van der Waals surface area contributed by atoms with E-state index in [1.807, 2.05) is 17.5 Å². The van der Waals surface area contributed by atoms with Crippen LogP contribution < -0.4 is 10.6 Å². The molecule has 6 heteroatoms. The number of hydrogen-bond donors (Lipinski definition) is 2. The molecule has 0 aromatic carbocycles. The van der Waals surface area contributed by atoms with E-state index in [0.717, 1.165) is 49.3 Å². The van der Waals surface area contributed by atoms with Crippen LogP contribution in [-0.4, -0.2) is 32.6 Å². The topological polar surface area (TPSA) is 71.3 Å². The second-order valence-electron chi connectivity index (χ2n) is 7.16. The summed E-state index contributed by atoms with van der Waals surface area (Å²) in [5, 5.41) is 11.1. The molecule has 0 aliphatic heterocycles. The number of aromatic nitrogens is 3. The summed E-state index contributed by atoms with van der Waals surface area (Å²) in [4.78, 5) is 16.6. The summed E-state index contributed by atoms with van der Waals surface area (Å²) >= 11 is 0. The molecule has 2 aromatic rings. The fourth-order valence-electron chi connectivity index (χ4n) is 3.79. The highest BCUT2D eigenvalue weighted by Crippen LogP contribution is 2.27. The SMILES string of the molecule is CCC#CC(=O)N[C@H]1CC[C@H](Nc2cc(C(CC)CC)nc3ccnn23)C1. The number of carbonyl (C=O) groups is 1. The minimum absolute atomic E-state index is 0.170. The third-order valence-corrected chi connectivity index (χ3v) is 5.28. The number of nitrogens with zero attached hydrogens (tertiary/aromatic N) is 3. The molecule has 6 nitrogen and oxygen atoms in total. The Morgan fingerprint density at radius 3 is 2.81 bits per heavy atom. The van der Waals surface area contributed by atoms with Gasteiger partial charge in [0.05, 0.1) is 6.20 Å². The van der Waals surface area contributed by atoms with Crippen molar-refractivity contribution in [1.82, 2.24) is 19.9 Å². The van der Waals surface area contributed by atoms with E-state index >= 15 is 0 Å². The number of hydrogen-bond acceptors (Lipinski definition) is 4. The van der Waals surface area contributed by atoms with Gasteiger partial charge in [-0.15, -0.1) is 0 Å². The van der Waals surface area contributed by atoms with Crippen LogP contribution in [0.3, 0.4) is 0 Å². The predicted molar refractivity (Wildman–Crippen MR) is 108 cm³/mol. The third kappa shape index (κ3) is 4.60. The highest BCUT2D eigenvalue weighted by atomic mass is 16.1. The molecule has 0 bridgehead atoms. The minimum atomic E-state index is -0.170. The zero-order valence-electron chi connectivity index (χ0n) is 16.5. The molecule has 3 rings (SSSR count). The monoisotopic (exact) mass is 367 g/mol. The maximum Gasteiger partial charge on any atom is 0.296 e. The highest BCUT2D eigenvalue weighted by Gasteiger charge is 2.26. The van der Waals surface area contributed by atoms with Crippen LogP contribution >= 0.6 is 0 Å². The van der Waals surface area contributed by atoms with E-state index in [-0.39, 0.29) is 11.9 Å². The van der Waals surface area contributed by atoms with Crippen LogP contribution in [0, 0.1) is 11.8 Å². The lowest BCUT2D eigenvalue weighted by atomic mass is 9.99. The van der Waals surface area contributed by atoms with E-state index in [1.54, 1.807) is 6.20 Å². The number of amides is 1. The standard InChI is InChI=1S/C21H29N5O/c1-4-7-8-21(27)24-17-10-9-16(13-17)23-20-14-18(15(5-2)6-3)25-19-11-12-22-26(19)20/h11-12,14-17,23H,4-6,9-10,13H2,1-3H3,(H,24,27)/t16-,17-/m0/s1. The summed E-state index contributed by atoms with van der Waals surface area (Å²) in [6.45, 7) is 6.35. The number of fused-ring (bicyclic) bond motifs is 1. The Hall–Kier alpha value is -2.55. The van der Waals surface area contributed by atoms with E-state index in [9.17, 15) is 4.79 Å². The predicted octanol–water partition coefficient (Wildman–Crippen LogP) is 3.50. The van der Waals surface area contributed by atoms with Crippen molar-refractivity contribution in [1.29, 1.82) is 0 Å². The molecule has 0 saturated heterocycles. The summed E-state index contributed by atoms with van der Waals surface area (Å²) < 4.78 is 1.87. The minimum Gasteiger partial charge on any atom is -0.367 e. The van der Waals surface area contributed by atoms with Crippen molar-refractivity contribution < 1.29 is 4.79 Å². The first-order valence-corrected chi connectivity index (χ1v) is 10.0. The summed E-state index contributed by atoms with van der Waals surface area (Å²) in [5.74, 6) is 6.72. The second kappa shape index (κ2) is 8.90. The molecular formula is C21H29N5O. The molecule has 0 radical (unpaired) electrons. The molecule has 1 aliphatic rings. The fourth-order valence-corrected chi connectivity index (χ4v) is 3.79. The van der Waals surface area contributed by atoms with Gasteiger partial charge in [0.2, 0.25) is 0 Å². The highest BCUT2D eigenvalue weighted by molar-refractivity contribution is 5.93. The zero-order valence-corrected chi connectivity index (χ0v) is 16.5. The summed E-state index contributed by atoms with van der Waals surface area (Å²) in [6.07, 6.45) is 7.50. The molecule has 2 N–H and O–H groups in total. The van der Waals surface area contributed by atoms with Crippen molar-refractivity contribution in [3.05, 3.63) is 24.0 Å². The number of carbonyl (C=O) groups excluding carboxylic acids is 1. The number of anilines is 1. The Morgan fingerprint density at radius 1 is 1.30 bits per heavy atom. The van der Waals surface area contributed by atoms with Gasteiger partial charge >= 0.3 is 0 Å². The van der Waals surface area contributed by atoms with Crippen molar-refractivity contribution in [3.8, 4) is 11.8 Å². The van der Waals surface area contributed by atoms with Crippen molar-refractivity contribution >= 4 is 17.4 Å². The van der Waals surface area contributed by atoms with Crippen molar-refractivity contribution in [3.63, 3.8) is 0 Å². The Bertz CT molecular complexity index is 843. The van der Waals surface area contributed by atoms with Gasteiger partial charge in [0, 0.05) is 42.2 Å². The molecular weight excluding hydrogens is 338 g/mol. The van der Waals surface area contributed by atoms with Gasteiger partial charge in [-0.1, -0.05) is 26.7 Å². The van der Waals surface area contributed by atoms with Crippen LogP contribution in [0.4, 0.5) is 5.82 Å². The number of rotatable bonds is 6. The average Bonchev–Trinajstić information content (AvgIpc) is 3.30. The van der Waals surface area contributed by atoms with Crippen LogP contribution in [0.2, 0.25) is 0 Å². The van der Waals surface area contributed by atoms with Gasteiger partial charge in [0.15, 0.2) is 5.65 Å². The van der Waals surface area contributed by atoms with Gasteiger partial charge in [-0.3, -0.25) is 4.79 Å². The second-order valence-corrected chi connectivity index (χ2v) is 7.16. The van der Waals surface area contributed by atoms with E-state index < -0.39 is 0 Å². The molecule has 1 aliphatic carbocycles. The molecule has 1 fully saturated rings. The molecule has 1 saturated carbocycles. The molecule has 1 amide bonds. The van der Waals surface area contributed by atoms with E-state index in [1.165, 1.54) is 0 Å². The van der Waals surface area contributed by atoms with Crippen molar-refractivity contribution in [2.24, 2.45) is 0 Å². The van der Waals surface area contributed by atoms with Gasteiger partial charge < -0.3 is 10.6 Å². The van der Waals surface area contributed by atoms with E-state index in [2.05, 4.69) is 47.5 Å². The van der Waals surface area contributed by atoms with E-state index in [0.29, 0.717) is 18.4 Å². The largest absolute Gasteiger partial charge is 0.367 e. The first-order valence-electron chi connectivity index (χ1n) is 10.0. The van der Waals surface area contributed by atoms with E-state index in [4.69, 9.17) is 4.98 Å². The van der Waals surface area contributed by atoms with Crippen LogP contribution in [0.5, 0.6) is 0 Å². The Morgan fingerprint density at radius 2 is 2.07 bits per heavy atom. The van der Waals surface area contributed by atoms with Crippen LogP contribution in [-0.2, 0) is 4.79 Å². The number of nitrogens with one attached hydrogen (secondary N) is 2. The molecule has 2 atom stereocenters. The molecule has 144 valence electrons. The Balaban J connectivity index is 1.71. The van der Waals surface area contributed by atoms with Crippen LogP contribution in [0.25, 0.3) is 5.65 Å². The zero-order chi connectivity index (χ0) is 19.2. The van der Waals surface area contributed by atoms with Gasteiger partial charge in [-0.05, 0) is 38.0 Å². The lowest BCUT2D eigenvalue weighted by Crippen LogP contribution is -2.33. The fraction of sp³-hybridized carbons (Fsp3) is 0.571. The summed E-state index contributed by atoms with van der Waals surface area (Å²) in [5.41, 5.74) is 1.99. The average molecular weight is 367 g/mol. The Labute approximate surface area is 161 Å². The van der Waals surface area contributed by atoms with Crippen LogP contribution in [0.15, 0.2) is 18.3 Å². The Kier molecular flexibility index (Phi) is 6.33. The molecule has 0 unspecified atom stereocenters. The van der Waals surface area contributed by atoms with Gasteiger partial charge in [0.1, 0.15) is 5.82 Å². The smallest absolute Gasteiger partial charge is 0.296 e. The van der Waals surface area contributed by atoms with Gasteiger partial charge in [-0.25, -0.2) is 4.98 Å².